The molecule has 1 aromatic carbocycles. The van der Waals surface area contributed by atoms with Crippen molar-refractivity contribution < 1.29 is 9.53 Å². The van der Waals surface area contributed by atoms with Crippen LogP contribution in [0, 0.1) is 0 Å². The van der Waals surface area contributed by atoms with Crippen LogP contribution in [0.15, 0.2) is 30.3 Å². The summed E-state index contributed by atoms with van der Waals surface area (Å²) in [5.74, 6) is 0. The number of carbonyl (C=O) groups excluding carboxylic acids is 1. The Bertz CT molecular complexity index is 381. The van der Waals surface area contributed by atoms with Crippen molar-refractivity contribution in [2.24, 2.45) is 5.73 Å². The molecule has 18 heavy (non-hydrogen) atoms. The molecule has 98 valence electrons. The van der Waals surface area contributed by atoms with Crippen LogP contribution in [0.4, 0.5) is 4.79 Å². The van der Waals surface area contributed by atoms with E-state index in [2.05, 4.69) is 5.32 Å². The van der Waals surface area contributed by atoms with Gasteiger partial charge in [0.25, 0.3) is 0 Å². The second-order valence-electron chi connectivity index (χ2n) is 4.76. The number of benzene rings is 1. The van der Waals surface area contributed by atoms with E-state index < -0.39 is 0 Å². The summed E-state index contributed by atoms with van der Waals surface area (Å²) in [6.07, 6.45) is 3.82. The molecule has 1 fully saturated rings. The summed E-state index contributed by atoms with van der Waals surface area (Å²) in [5.41, 5.74) is 6.95. The molecule has 1 amide bonds. The molecule has 0 aromatic heterocycles. The Labute approximate surface area is 108 Å². The van der Waals surface area contributed by atoms with Gasteiger partial charge in [0.2, 0.25) is 0 Å². The second-order valence-corrected chi connectivity index (χ2v) is 4.76. The summed E-state index contributed by atoms with van der Waals surface area (Å²) in [6.45, 7) is 0.300. The minimum Gasteiger partial charge on any atom is -0.445 e. The first-order valence-electron chi connectivity index (χ1n) is 6.48. The van der Waals surface area contributed by atoms with Gasteiger partial charge in [-0.05, 0) is 18.4 Å². The fourth-order valence-electron chi connectivity index (χ4n) is 2.25. The number of amides is 1. The Morgan fingerprint density at radius 1 is 1.28 bits per heavy atom. The summed E-state index contributed by atoms with van der Waals surface area (Å²) in [4.78, 5) is 11.6. The van der Waals surface area contributed by atoms with Gasteiger partial charge >= 0.3 is 6.09 Å². The van der Waals surface area contributed by atoms with Crippen LogP contribution in [0.1, 0.15) is 31.2 Å². The summed E-state index contributed by atoms with van der Waals surface area (Å²) in [7, 11) is 0. The Balaban J connectivity index is 1.75. The van der Waals surface area contributed by atoms with Crippen LogP contribution >= 0.6 is 0 Å². The standard InChI is InChI=1S/C14H20N2O2/c15-12-8-4-5-9-13(12)16-14(17)18-10-11-6-2-1-3-7-11/h1-3,6-7,12-13H,4-5,8-10,15H2,(H,16,17)/t12-,13-/m0/s1. The van der Waals surface area contributed by atoms with E-state index in [1.54, 1.807) is 0 Å². The molecule has 3 N–H and O–H groups in total. The third kappa shape index (κ3) is 3.74. The molecular weight excluding hydrogens is 228 g/mol. The normalized spacial score (nSPS) is 23.4. The van der Waals surface area contributed by atoms with Gasteiger partial charge in [-0.1, -0.05) is 43.2 Å². The fourth-order valence-corrected chi connectivity index (χ4v) is 2.25. The number of nitrogens with one attached hydrogen (secondary N) is 1. The number of hydrogen-bond donors (Lipinski definition) is 2. The number of hydrogen-bond acceptors (Lipinski definition) is 3. The summed E-state index contributed by atoms with van der Waals surface area (Å²) in [6, 6.07) is 9.76. The van der Waals surface area contributed by atoms with Gasteiger partial charge < -0.3 is 15.8 Å². The molecule has 2 rings (SSSR count). The third-order valence-electron chi connectivity index (χ3n) is 3.34. The van der Waals surface area contributed by atoms with Crippen molar-refractivity contribution in [2.75, 3.05) is 0 Å². The predicted octanol–water partition coefficient (Wildman–Crippen LogP) is 2.18. The number of alkyl carbamates (subject to hydrolysis) is 1. The third-order valence-corrected chi connectivity index (χ3v) is 3.34. The van der Waals surface area contributed by atoms with Crippen LogP contribution in [-0.2, 0) is 11.3 Å². The molecule has 0 heterocycles. The van der Waals surface area contributed by atoms with E-state index in [4.69, 9.17) is 10.5 Å². The lowest BCUT2D eigenvalue weighted by Crippen LogP contribution is -2.49. The lowest BCUT2D eigenvalue weighted by molar-refractivity contribution is 0.131. The zero-order chi connectivity index (χ0) is 12.8. The molecular formula is C14H20N2O2. The van der Waals surface area contributed by atoms with E-state index in [0.717, 1.165) is 31.2 Å². The summed E-state index contributed by atoms with van der Waals surface area (Å²) >= 11 is 0. The van der Waals surface area contributed by atoms with Crippen molar-refractivity contribution in [2.45, 2.75) is 44.4 Å². The molecule has 1 saturated carbocycles. The quantitative estimate of drug-likeness (QED) is 0.861. The van der Waals surface area contributed by atoms with Crippen LogP contribution < -0.4 is 11.1 Å². The number of carbonyl (C=O) groups is 1. The lowest BCUT2D eigenvalue weighted by Gasteiger charge is -2.28. The van der Waals surface area contributed by atoms with Crippen molar-refractivity contribution in [1.29, 1.82) is 0 Å². The molecule has 1 aliphatic carbocycles. The maximum atomic E-state index is 11.6. The first-order chi connectivity index (χ1) is 8.75. The Kier molecular flexibility index (Phi) is 4.59. The van der Waals surface area contributed by atoms with Crippen molar-refractivity contribution in [3.8, 4) is 0 Å². The van der Waals surface area contributed by atoms with Gasteiger partial charge in [-0.25, -0.2) is 4.79 Å². The van der Waals surface area contributed by atoms with Crippen molar-refractivity contribution in [1.82, 2.24) is 5.32 Å². The average molecular weight is 248 g/mol. The first-order valence-corrected chi connectivity index (χ1v) is 6.48. The maximum absolute atomic E-state index is 11.6. The topological polar surface area (TPSA) is 64.3 Å². The summed E-state index contributed by atoms with van der Waals surface area (Å²) < 4.78 is 5.17. The van der Waals surface area contributed by atoms with Crippen LogP contribution in [-0.4, -0.2) is 18.2 Å². The van der Waals surface area contributed by atoms with Gasteiger partial charge in [-0.2, -0.15) is 0 Å². The van der Waals surface area contributed by atoms with Crippen LogP contribution in [0.5, 0.6) is 0 Å². The smallest absolute Gasteiger partial charge is 0.407 e. The zero-order valence-electron chi connectivity index (χ0n) is 10.5. The number of ether oxygens (including phenoxy) is 1. The van der Waals surface area contributed by atoms with Gasteiger partial charge in [0.05, 0.1) is 0 Å². The largest absolute Gasteiger partial charge is 0.445 e. The van der Waals surface area contributed by atoms with E-state index in [9.17, 15) is 4.79 Å². The van der Waals surface area contributed by atoms with Crippen molar-refractivity contribution in [3.05, 3.63) is 35.9 Å². The van der Waals surface area contributed by atoms with Crippen molar-refractivity contribution in [3.63, 3.8) is 0 Å². The first kappa shape index (κ1) is 12.9. The van der Waals surface area contributed by atoms with Crippen molar-refractivity contribution >= 4 is 6.09 Å². The predicted molar refractivity (Wildman–Crippen MR) is 70.0 cm³/mol. The number of rotatable bonds is 3. The molecule has 0 saturated heterocycles. The maximum Gasteiger partial charge on any atom is 0.407 e. The Hall–Kier alpha value is -1.55. The highest BCUT2D eigenvalue weighted by molar-refractivity contribution is 5.67. The second kappa shape index (κ2) is 6.40. The Morgan fingerprint density at radius 3 is 2.72 bits per heavy atom. The fraction of sp³-hybridized carbons (Fsp3) is 0.500. The van der Waals surface area contributed by atoms with E-state index in [1.807, 2.05) is 30.3 Å². The highest BCUT2D eigenvalue weighted by atomic mass is 16.5. The molecule has 0 aliphatic heterocycles. The molecule has 2 atom stereocenters. The van der Waals surface area contributed by atoms with E-state index in [0.29, 0.717) is 6.61 Å². The van der Waals surface area contributed by atoms with Gasteiger partial charge in [0.15, 0.2) is 0 Å². The van der Waals surface area contributed by atoms with E-state index in [-0.39, 0.29) is 18.2 Å². The molecule has 4 heteroatoms. The highest BCUT2D eigenvalue weighted by Crippen LogP contribution is 2.16. The van der Waals surface area contributed by atoms with Crippen LogP contribution in [0.2, 0.25) is 0 Å². The van der Waals surface area contributed by atoms with Gasteiger partial charge in [-0.15, -0.1) is 0 Å². The summed E-state index contributed by atoms with van der Waals surface area (Å²) in [5, 5.41) is 2.85. The average Bonchev–Trinajstić information content (AvgIpc) is 2.40. The van der Waals surface area contributed by atoms with Crippen LogP contribution in [0.3, 0.4) is 0 Å². The molecule has 0 spiro atoms. The lowest BCUT2D eigenvalue weighted by atomic mass is 9.91. The zero-order valence-corrected chi connectivity index (χ0v) is 10.5. The molecule has 1 aromatic rings. The molecule has 0 bridgehead atoms. The molecule has 4 nitrogen and oxygen atoms in total. The van der Waals surface area contributed by atoms with E-state index >= 15 is 0 Å². The van der Waals surface area contributed by atoms with Gasteiger partial charge in [0, 0.05) is 12.1 Å². The minimum absolute atomic E-state index is 0.0574. The SMILES string of the molecule is N[C@H]1CCCC[C@@H]1NC(=O)OCc1ccccc1. The Morgan fingerprint density at radius 2 is 2.00 bits per heavy atom. The minimum atomic E-state index is -0.374. The monoisotopic (exact) mass is 248 g/mol. The number of nitrogens with two attached hydrogens (primary N) is 1. The van der Waals surface area contributed by atoms with Crippen LogP contribution in [0.25, 0.3) is 0 Å². The van der Waals surface area contributed by atoms with E-state index in [1.165, 1.54) is 0 Å². The molecule has 0 radical (unpaired) electrons. The molecule has 0 unspecified atom stereocenters. The van der Waals surface area contributed by atoms with Gasteiger partial charge in [0.1, 0.15) is 6.61 Å². The van der Waals surface area contributed by atoms with Gasteiger partial charge in [-0.3, -0.25) is 0 Å². The molecule has 1 aliphatic rings. The highest BCUT2D eigenvalue weighted by Gasteiger charge is 2.23.